The lowest BCUT2D eigenvalue weighted by atomic mass is 9.92. The predicted molar refractivity (Wildman–Crippen MR) is 353 cm³/mol. The highest BCUT2D eigenvalue weighted by atomic mass is 32.1. The molecule has 0 aliphatic heterocycles. The van der Waals surface area contributed by atoms with Gasteiger partial charge in [-0.05, 0) is 98.8 Å². The fraction of sp³-hybridized carbons (Fsp3) is 0. The normalized spacial score (nSPS) is 12.2. The van der Waals surface area contributed by atoms with E-state index in [0.717, 1.165) is 103 Å². The third-order valence-corrected chi connectivity index (χ3v) is 19.6. The summed E-state index contributed by atoms with van der Waals surface area (Å²) in [7, 11) is 0. The van der Waals surface area contributed by atoms with Crippen molar-refractivity contribution in [2.75, 3.05) is 0 Å². The third kappa shape index (κ3) is 5.93. The van der Waals surface area contributed by atoms with E-state index < -0.39 is 0 Å². The summed E-state index contributed by atoms with van der Waals surface area (Å²) in [6.45, 7) is 0. The van der Waals surface area contributed by atoms with Crippen molar-refractivity contribution in [1.29, 1.82) is 10.5 Å². The molecule has 0 spiro atoms. The maximum absolute atomic E-state index is 13.0. The molecule has 0 N–H and O–H groups in total. The van der Waals surface area contributed by atoms with Gasteiger partial charge in [0.15, 0.2) is 0 Å². The van der Waals surface area contributed by atoms with Gasteiger partial charge in [-0.25, -0.2) is 0 Å². The number of rotatable bonds is 5. The van der Waals surface area contributed by atoms with Gasteiger partial charge in [-0.1, -0.05) is 200 Å². The van der Waals surface area contributed by atoms with Crippen LogP contribution in [0.2, 0.25) is 0 Å². The molecule has 7 heteroatoms. The molecule has 390 valence electrons. The monoisotopic (exact) mass is 1090 g/mol. The molecule has 0 unspecified atom stereocenters. The van der Waals surface area contributed by atoms with Gasteiger partial charge in [-0.2, -0.15) is 10.5 Å². The van der Waals surface area contributed by atoms with Crippen LogP contribution < -0.4 is 0 Å². The van der Waals surface area contributed by atoms with E-state index in [4.69, 9.17) is 0 Å². The number of hydrogen-bond donors (Lipinski definition) is 0. The predicted octanol–water partition coefficient (Wildman–Crippen LogP) is 20.7. The first-order valence-electron chi connectivity index (χ1n) is 28.7. The van der Waals surface area contributed by atoms with Crippen molar-refractivity contribution in [2.45, 2.75) is 0 Å². The first-order chi connectivity index (χ1) is 42.2. The van der Waals surface area contributed by atoms with Crippen LogP contribution >= 0.6 is 11.3 Å². The summed E-state index contributed by atoms with van der Waals surface area (Å²) >= 11 is 1.82. The smallest absolute Gasteiger partial charge is 0.104 e. The Balaban J connectivity index is 1.08. The van der Waals surface area contributed by atoms with Gasteiger partial charge in [0.25, 0.3) is 0 Å². The third-order valence-electron chi connectivity index (χ3n) is 18.4. The van der Waals surface area contributed by atoms with Crippen molar-refractivity contribution in [3.8, 4) is 68.3 Å². The number of nitriles is 2. The lowest BCUT2D eigenvalue weighted by Crippen LogP contribution is -2.16. The van der Waals surface area contributed by atoms with Crippen molar-refractivity contribution < 1.29 is 0 Å². The summed E-state index contributed by atoms with van der Waals surface area (Å²) in [4.78, 5) is 0. The number of benzene rings is 13. The Morgan fingerprint density at radius 2 is 0.565 bits per heavy atom. The second-order valence-corrected chi connectivity index (χ2v) is 23.4. The van der Waals surface area contributed by atoms with E-state index in [2.05, 4.69) is 285 Å². The standard InChI is InChI=1S/C78H42N6S/c79-43-60-74(81-62-31-10-3-21-48(62)49-22-4-11-32-63(49)81)75(82-64-33-12-5-23-50(64)51-24-6-13-34-65(51)82)61(44-80)77(76(60)83-66-35-14-7-25-52(66)53-26-8-15-36-67(53)83)84-68-37-18-30-57(72(68)73-69(84)42-41-59-54-27-9-16-38-70(54)85-78(59)73)47-39-40-58-46-20-2-1-19-45(46)55-28-17-29-56(47)71(55)58/h1-42H. The molecule has 1 aliphatic rings. The SMILES string of the molecule is N#Cc1c(-n2c3ccccc3c3ccccc32)c(-n2c3ccccc3c3ccccc32)c(C#N)c(-n2c3cccc(-c4ccc5c6c(cccc46)-c4ccccc4-5)c3c3c4sc5ccccc5c4ccc32)c1-n1c2ccccc2c2ccccc21. The van der Waals surface area contributed by atoms with Crippen LogP contribution in [0.1, 0.15) is 11.1 Å². The molecule has 0 atom stereocenters. The van der Waals surface area contributed by atoms with E-state index in [1.807, 2.05) is 11.3 Å². The molecule has 85 heavy (non-hydrogen) atoms. The van der Waals surface area contributed by atoms with Crippen molar-refractivity contribution in [1.82, 2.24) is 18.3 Å². The van der Waals surface area contributed by atoms with Crippen LogP contribution in [0.5, 0.6) is 0 Å². The minimum absolute atomic E-state index is 0.419. The lowest BCUT2D eigenvalue weighted by molar-refractivity contribution is 1.02. The maximum Gasteiger partial charge on any atom is 0.104 e. The molecular weight excluding hydrogens is 1050 g/mol. The zero-order valence-corrected chi connectivity index (χ0v) is 46.2. The molecule has 0 radical (unpaired) electrons. The van der Waals surface area contributed by atoms with Crippen molar-refractivity contribution in [3.63, 3.8) is 0 Å². The van der Waals surface area contributed by atoms with Crippen molar-refractivity contribution >= 4 is 130 Å². The maximum atomic E-state index is 13.0. The molecule has 6 nitrogen and oxygen atoms in total. The first-order valence-corrected chi connectivity index (χ1v) is 29.5. The summed E-state index contributed by atoms with van der Waals surface area (Å²) in [6.07, 6.45) is 0. The fourth-order valence-corrected chi connectivity index (χ4v) is 16.4. The minimum Gasteiger partial charge on any atom is -0.306 e. The summed E-state index contributed by atoms with van der Waals surface area (Å²) in [6, 6.07) is 97.1. The van der Waals surface area contributed by atoms with Gasteiger partial charge in [0, 0.05) is 63.3 Å². The van der Waals surface area contributed by atoms with Gasteiger partial charge >= 0.3 is 0 Å². The molecule has 5 aromatic heterocycles. The first kappa shape index (κ1) is 46.2. The molecule has 5 heterocycles. The number of thiophene rings is 1. The summed E-state index contributed by atoms with van der Waals surface area (Å²) < 4.78 is 11.5. The number of nitrogens with zero attached hydrogens (tertiary/aromatic N) is 6. The quantitative estimate of drug-likeness (QED) is 0.172. The molecule has 18 aromatic rings. The summed E-state index contributed by atoms with van der Waals surface area (Å²) in [5, 5.41) is 39.2. The Morgan fingerprint density at radius 3 is 1.04 bits per heavy atom. The van der Waals surface area contributed by atoms with Crippen LogP contribution in [0.25, 0.3) is 174 Å². The van der Waals surface area contributed by atoms with Crippen molar-refractivity contribution in [2.24, 2.45) is 0 Å². The molecule has 13 aromatic carbocycles. The van der Waals surface area contributed by atoms with Crippen molar-refractivity contribution in [3.05, 3.63) is 266 Å². The van der Waals surface area contributed by atoms with Crippen LogP contribution in [0, 0.1) is 22.7 Å². The van der Waals surface area contributed by atoms with Gasteiger partial charge in [0.1, 0.15) is 23.3 Å². The molecule has 0 bridgehead atoms. The Kier molecular flexibility index (Phi) is 9.26. The van der Waals surface area contributed by atoms with E-state index in [1.54, 1.807) is 0 Å². The zero-order chi connectivity index (χ0) is 55.8. The van der Waals surface area contributed by atoms with E-state index in [0.29, 0.717) is 33.9 Å². The fourth-order valence-electron chi connectivity index (χ4n) is 15.1. The molecule has 0 amide bonds. The van der Waals surface area contributed by atoms with Gasteiger partial charge in [-0.3, -0.25) is 0 Å². The Hall–Kier alpha value is -11.5. The molecule has 19 rings (SSSR count). The topological polar surface area (TPSA) is 67.3 Å². The second kappa shape index (κ2) is 17.0. The van der Waals surface area contributed by atoms with E-state index in [9.17, 15) is 10.5 Å². The van der Waals surface area contributed by atoms with Crippen LogP contribution in [0.3, 0.4) is 0 Å². The van der Waals surface area contributed by atoms with E-state index in [1.165, 1.54) is 48.5 Å². The number of hydrogen-bond acceptors (Lipinski definition) is 3. The Bertz CT molecular complexity index is 5950. The van der Waals surface area contributed by atoms with Gasteiger partial charge in [0.2, 0.25) is 0 Å². The largest absolute Gasteiger partial charge is 0.306 e. The van der Waals surface area contributed by atoms with Crippen LogP contribution in [0.4, 0.5) is 0 Å². The second-order valence-electron chi connectivity index (χ2n) is 22.4. The molecular formula is C78H42N6S. The van der Waals surface area contributed by atoms with E-state index in [-0.39, 0.29) is 0 Å². The summed E-state index contributed by atoms with van der Waals surface area (Å²) in [5.41, 5.74) is 17.9. The van der Waals surface area contributed by atoms with Gasteiger partial charge in [0.05, 0.1) is 66.9 Å². The average molecular weight is 1100 g/mol. The highest BCUT2D eigenvalue weighted by Gasteiger charge is 2.35. The number of aromatic nitrogens is 4. The zero-order valence-electron chi connectivity index (χ0n) is 45.3. The molecule has 0 saturated heterocycles. The summed E-state index contributed by atoms with van der Waals surface area (Å²) in [5.74, 6) is 0. The van der Waals surface area contributed by atoms with Gasteiger partial charge in [-0.15, -0.1) is 11.3 Å². The van der Waals surface area contributed by atoms with Gasteiger partial charge < -0.3 is 18.3 Å². The molecule has 0 fully saturated rings. The van der Waals surface area contributed by atoms with E-state index >= 15 is 0 Å². The molecule has 1 aliphatic carbocycles. The lowest BCUT2D eigenvalue weighted by Gasteiger charge is -2.27. The van der Waals surface area contributed by atoms with Crippen LogP contribution in [0.15, 0.2) is 255 Å². The minimum atomic E-state index is 0.419. The molecule has 0 saturated carbocycles. The van der Waals surface area contributed by atoms with Crippen LogP contribution in [-0.2, 0) is 0 Å². The van der Waals surface area contributed by atoms with Crippen LogP contribution in [-0.4, -0.2) is 18.3 Å². The number of fused-ring (bicyclic) bond motifs is 19. The Labute approximate surface area is 489 Å². The average Bonchev–Trinajstić information content (AvgIpc) is 1.70. The number of para-hydroxylation sites is 6. The Morgan fingerprint density at radius 1 is 0.235 bits per heavy atom. The highest BCUT2D eigenvalue weighted by molar-refractivity contribution is 7.26. The highest BCUT2D eigenvalue weighted by Crippen LogP contribution is 2.54.